The Hall–Kier alpha value is -8.16. The molecular weight excluding hydrogens is 1200 g/mol. The average molecular weight is 1280 g/mol. The van der Waals surface area contributed by atoms with Crippen molar-refractivity contribution >= 4 is 58.5 Å². The number of amides is 4. The zero-order valence-corrected chi connectivity index (χ0v) is 52.3. The number of nitrogens with zero attached hydrogens (tertiary/aromatic N) is 2. The first kappa shape index (κ1) is 71.9. The van der Waals surface area contributed by atoms with Gasteiger partial charge < -0.3 is 92.2 Å². The summed E-state index contributed by atoms with van der Waals surface area (Å²) < 4.78 is 92.6. The number of hydrogen-bond donors (Lipinski definition) is 4. The minimum absolute atomic E-state index is 0.000346. The van der Waals surface area contributed by atoms with Crippen molar-refractivity contribution in [3.63, 3.8) is 0 Å². The second-order valence-electron chi connectivity index (χ2n) is 20.8. The maximum Gasteiger partial charge on any atom is 0.510 e. The molecule has 2 aromatic heterocycles. The second kappa shape index (κ2) is 36.6. The number of hydrogen-bond acceptors (Lipinski definition) is 23. The Morgan fingerprint density at radius 2 is 1.37 bits per heavy atom. The number of anilines is 1. The van der Waals surface area contributed by atoms with Crippen molar-refractivity contribution in [2.75, 3.05) is 132 Å². The number of nitrogens with one attached hydrogen (secondary N) is 4. The maximum absolute atomic E-state index is 15.2. The molecule has 0 fully saturated rings. The number of methoxy groups -OCH3 is 2. The van der Waals surface area contributed by atoms with E-state index in [1.165, 1.54) is 68.9 Å². The molecule has 4 N–H and O–H groups in total. The van der Waals surface area contributed by atoms with Crippen molar-refractivity contribution in [3.05, 3.63) is 98.6 Å². The lowest BCUT2D eigenvalue weighted by atomic mass is 9.85. The molecule has 2 aliphatic heterocycles. The first-order valence-electron chi connectivity index (χ1n) is 29.6. The van der Waals surface area contributed by atoms with Gasteiger partial charge in [-0.15, -0.1) is 0 Å². The van der Waals surface area contributed by atoms with Crippen molar-refractivity contribution in [1.82, 2.24) is 25.5 Å². The molecule has 4 aromatic rings. The molecule has 0 spiro atoms. The number of rotatable bonds is 40. The van der Waals surface area contributed by atoms with Crippen LogP contribution in [0.25, 0.3) is 22.3 Å². The van der Waals surface area contributed by atoms with Crippen molar-refractivity contribution in [2.45, 2.75) is 85.1 Å². The molecule has 91 heavy (non-hydrogen) atoms. The van der Waals surface area contributed by atoms with Gasteiger partial charge in [0.05, 0.1) is 135 Å². The highest BCUT2D eigenvalue weighted by atomic mass is 19.1. The Labute approximate surface area is 525 Å². The highest BCUT2D eigenvalue weighted by Crippen LogP contribution is 2.43. The number of ether oxygens (including phenoxy) is 14. The lowest BCUT2D eigenvalue weighted by Crippen LogP contribution is -2.53. The molecule has 498 valence electrons. The number of alkyl carbamates (subject to hydrolysis) is 1. The molecule has 28 nitrogen and oxygen atoms in total. The smallest absolute Gasteiger partial charge is 0.494 e. The van der Waals surface area contributed by atoms with Crippen LogP contribution in [0.4, 0.5) is 19.7 Å². The first-order valence-corrected chi connectivity index (χ1v) is 29.6. The number of cyclic esters (lactones) is 1. The van der Waals surface area contributed by atoms with Gasteiger partial charge in [0.1, 0.15) is 38.5 Å². The third-order valence-corrected chi connectivity index (χ3v) is 14.2. The van der Waals surface area contributed by atoms with Crippen LogP contribution in [-0.2, 0) is 113 Å². The number of benzene rings is 2. The van der Waals surface area contributed by atoms with E-state index in [9.17, 15) is 38.4 Å². The second-order valence-corrected chi connectivity index (χ2v) is 20.8. The number of carbonyl (C=O) groups is 7. The lowest BCUT2D eigenvalue weighted by Gasteiger charge is -2.35. The van der Waals surface area contributed by atoms with Gasteiger partial charge in [-0.3, -0.25) is 24.0 Å². The number of pyridine rings is 2. The van der Waals surface area contributed by atoms with Gasteiger partial charge in [-0.1, -0.05) is 39.5 Å². The van der Waals surface area contributed by atoms with E-state index in [0.29, 0.717) is 95.8 Å². The summed E-state index contributed by atoms with van der Waals surface area (Å²) in [5.74, 6) is -4.89. The van der Waals surface area contributed by atoms with Crippen LogP contribution in [0.15, 0.2) is 53.8 Å². The summed E-state index contributed by atoms with van der Waals surface area (Å²) in [6, 6.07) is 5.94. The van der Waals surface area contributed by atoms with E-state index in [1.54, 1.807) is 21.0 Å². The van der Waals surface area contributed by atoms with Crippen LogP contribution in [-0.4, -0.2) is 190 Å². The van der Waals surface area contributed by atoms with Gasteiger partial charge >= 0.3 is 24.2 Å². The number of carbonyl (C=O) groups excluding carboxylic acids is 7. The summed E-state index contributed by atoms with van der Waals surface area (Å²) in [6.07, 6.45) is -1.15. The van der Waals surface area contributed by atoms with E-state index in [0.717, 1.165) is 6.07 Å². The normalized spacial score (nSPS) is 14.5. The van der Waals surface area contributed by atoms with E-state index in [4.69, 9.17) is 71.3 Å². The zero-order valence-electron chi connectivity index (χ0n) is 52.3. The van der Waals surface area contributed by atoms with Crippen LogP contribution in [0.2, 0.25) is 0 Å². The monoisotopic (exact) mass is 1280 g/mol. The average Bonchev–Trinajstić information content (AvgIpc) is 1.68. The first-order chi connectivity index (χ1) is 43.9. The van der Waals surface area contributed by atoms with Crippen LogP contribution in [0.5, 0.6) is 5.75 Å². The van der Waals surface area contributed by atoms with E-state index in [1.807, 2.05) is 0 Å². The molecular formula is C62H81FN6O22. The molecule has 29 heteroatoms. The fourth-order valence-electron chi connectivity index (χ4n) is 9.47. The summed E-state index contributed by atoms with van der Waals surface area (Å²) in [4.78, 5) is 112. The summed E-state index contributed by atoms with van der Waals surface area (Å²) in [5, 5.41) is 10.9. The Balaban J connectivity index is 1.08. The summed E-state index contributed by atoms with van der Waals surface area (Å²) in [7, 11) is 2.91. The summed E-state index contributed by atoms with van der Waals surface area (Å²) in [6.45, 7) is 15.1. The quantitative estimate of drug-likeness (QED) is 0.0181. The molecule has 4 amide bonds. The van der Waals surface area contributed by atoms with Gasteiger partial charge in [0.2, 0.25) is 17.4 Å². The van der Waals surface area contributed by atoms with Crippen LogP contribution >= 0.6 is 0 Å². The molecule has 4 heterocycles. The number of fused-ring (bicyclic) bond motifs is 5. The SMILES string of the molecule is C=CCOC(=O)N[C@H](C(=O)N[C@@H](C)C(=O)Nc1ccc(COC(=O)O[C@]2(CC)C(=O)OCc3c2cc2n(c3=O)Cc3c-2nc2cc(F)c(OC)cc2c3COC(C)=O)c(C(=O)NCCOCCOCCOCCOCCOCCOCCOCCOC)c1)C(C)C. The third-order valence-electron chi connectivity index (χ3n) is 14.2. The molecule has 0 radical (unpaired) electrons. The van der Waals surface area contributed by atoms with Gasteiger partial charge in [-0.25, -0.2) is 23.8 Å². The van der Waals surface area contributed by atoms with Crippen molar-refractivity contribution in [3.8, 4) is 17.1 Å². The number of halogens is 1. The highest BCUT2D eigenvalue weighted by Gasteiger charge is 2.51. The standard InChI is InChI=1S/C62H81FN6O22/c1-9-14-87-60(76)68-53(38(3)4)57(73)65-39(5)55(71)66-42-12-11-41(43(30-42)56(72)64-13-15-80-18-19-82-22-23-84-26-27-86-29-28-85-25-24-83-21-20-81-17-16-78-7)35-90-61(77)91-62(10-2)48-32-51-54-45(34-69(51)58(74)47(48)37-89-59(62)75)46(36-88-40(6)70)44-31-52(79-8)49(63)33-50(44)67-54/h9,11-12,30-33,38-39,53H,1,10,13-29,34-37H2,2-8H3,(H,64,72)(H,65,73)(H,66,71)(H,68,76)/t39-,53-,62-/m0/s1. The predicted octanol–water partition coefficient (Wildman–Crippen LogP) is 4.52. The molecule has 0 saturated carbocycles. The molecule has 0 aliphatic carbocycles. The van der Waals surface area contributed by atoms with Gasteiger partial charge in [-0.2, -0.15) is 0 Å². The molecule has 2 aliphatic rings. The molecule has 0 saturated heterocycles. The Bertz CT molecular complexity index is 3230. The van der Waals surface area contributed by atoms with Crippen LogP contribution in [0.3, 0.4) is 0 Å². The highest BCUT2D eigenvalue weighted by molar-refractivity contribution is 6.01. The molecule has 6 rings (SSSR count). The van der Waals surface area contributed by atoms with E-state index in [2.05, 4.69) is 27.8 Å². The van der Waals surface area contributed by atoms with Crippen LogP contribution in [0.1, 0.15) is 79.2 Å². The molecule has 3 atom stereocenters. The van der Waals surface area contributed by atoms with Crippen molar-refractivity contribution in [2.24, 2.45) is 5.92 Å². The fourth-order valence-corrected chi connectivity index (χ4v) is 9.47. The maximum atomic E-state index is 15.2. The Kier molecular flexibility index (Phi) is 28.9. The van der Waals surface area contributed by atoms with Gasteiger partial charge in [-0.05, 0) is 43.5 Å². The Morgan fingerprint density at radius 1 is 0.758 bits per heavy atom. The Morgan fingerprint density at radius 3 is 1.95 bits per heavy atom. The van der Waals surface area contributed by atoms with Crippen LogP contribution in [0, 0.1) is 11.7 Å². The largest absolute Gasteiger partial charge is 0.510 e. The van der Waals surface area contributed by atoms with Crippen molar-refractivity contribution < 1.29 is 104 Å². The van der Waals surface area contributed by atoms with E-state index >= 15 is 4.39 Å². The van der Waals surface area contributed by atoms with Gasteiger partial charge in [0.15, 0.2) is 11.6 Å². The van der Waals surface area contributed by atoms with Gasteiger partial charge in [0, 0.05) is 65.5 Å². The topological polar surface area (TPSA) is 332 Å². The van der Waals surface area contributed by atoms with Crippen LogP contribution < -0.4 is 31.6 Å². The van der Waals surface area contributed by atoms with Gasteiger partial charge in [0.25, 0.3) is 11.5 Å². The number of esters is 2. The lowest BCUT2D eigenvalue weighted by molar-refractivity contribution is -0.175. The predicted molar refractivity (Wildman–Crippen MR) is 321 cm³/mol. The number of aromatic nitrogens is 2. The summed E-state index contributed by atoms with van der Waals surface area (Å²) >= 11 is 0. The summed E-state index contributed by atoms with van der Waals surface area (Å²) in [5.41, 5.74) is -1.30. The molecule has 0 unspecified atom stereocenters. The fraction of sp³-hybridized carbons (Fsp3) is 0.532. The molecule has 0 bridgehead atoms. The van der Waals surface area contributed by atoms with E-state index in [-0.39, 0.29) is 103 Å². The zero-order chi connectivity index (χ0) is 65.9. The van der Waals surface area contributed by atoms with E-state index < -0.39 is 90.1 Å². The minimum atomic E-state index is -2.25. The molecule has 2 aromatic carbocycles. The minimum Gasteiger partial charge on any atom is -0.494 e. The third kappa shape index (κ3) is 20.4. The van der Waals surface area contributed by atoms with Crippen molar-refractivity contribution in [1.29, 1.82) is 0 Å².